The minimum atomic E-state index is -0.135. The molecule has 5 heterocycles. The molecule has 0 spiro atoms. The predicted octanol–water partition coefficient (Wildman–Crippen LogP) is 2.27. The Morgan fingerprint density at radius 3 is 2.68 bits per heavy atom. The third-order valence-electron chi connectivity index (χ3n) is 5.02. The van der Waals surface area contributed by atoms with Gasteiger partial charge in [-0.25, -0.2) is 9.97 Å². The van der Waals surface area contributed by atoms with E-state index in [1.54, 1.807) is 24.5 Å². The zero-order valence-corrected chi connectivity index (χ0v) is 15.8. The second-order valence-corrected chi connectivity index (χ2v) is 7.55. The Hall–Kier alpha value is -3.26. The summed E-state index contributed by atoms with van der Waals surface area (Å²) < 4.78 is 2.07. The van der Waals surface area contributed by atoms with Gasteiger partial charge in [0.2, 0.25) is 0 Å². The molecule has 0 atom stereocenters. The number of fused-ring (bicyclic) bond motifs is 2. The molecule has 1 fully saturated rings. The van der Waals surface area contributed by atoms with E-state index in [1.807, 2.05) is 34.5 Å². The van der Waals surface area contributed by atoms with Gasteiger partial charge in [-0.05, 0) is 35.7 Å². The fraction of sp³-hybridized carbons (Fsp3) is 0.200. The molecule has 8 heteroatoms. The average molecular weight is 391 g/mol. The number of hydrogen-bond donors (Lipinski definition) is 0. The first kappa shape index (κ1) is 16.9. The second-order valence-electron chi connectivity index (χ2n) is 6.63. The molecule has 0 aromatic carbocycles. The maximum Gasteiger partial charge on any atom is 0.275 e. The zero-order chi connectivity index (χ0) is 19.1. The van der Waals surface area contributed by atoms with E-state index in [0.29, 0.717) is 34.5 Å². The minimum Gasteiger partial charge on any atom is -0.353 e. The highest BCUT2D eigenvalue weighted by Gasteiger charge is 2.25. The van der Waals surface area contributed by atoms with Crippen molar-refractivity contribution in [2.24, 2.45) is 0 Å². The van der Waals surface area contributed by atoms with Crippen molar-refractivity contribution in [2.75, 3.05) is 31.1 Å². The fourth-order valence-electron chi connectivity index (χ4n) is 3.57. The van der Waals surface area contributed by atoms with Crippen LogP contribution in [0.15, 0.2) is 59.0 Å². The third-order valence-corrected chi connectivity index (χ3v) is 5.91. The van der Waals surface area contributed by atoms with E-state index >= 15 is 0 Å². The number of rotatable bonds is 2. The Balaban J connectivity index is 1.45. The summed E-state index contributed by atoms with van der Waals surface area (Å²) in [4.78, 5) is 38.8. The number of amides is 1. The topological polar surface area (TPSA) is 70.8 Å². The number of anilines is 1. The molecule has 4 aromatic rings. The first-order valence-electron chi connectivity index (χ1n) is 9.06. The molecule has 140 valence electrons. The smallest absolute Gasteiger partial charge is 0.275 e. The maximum absolute atomic E-state index is 13.2. The third kappa shape index (κ3) is 2.73. The summed E-state index contributed by atoms with van der Waals surface area (Å²) in [5.41, 5.74) is 1.37. The number of hydrogen-bond acceptors (Lipinski definition) is 6. The molecular weight excluding hydrogens is 374 g/mol. The van der Waals surface area contributed by atoms with E-state index in [2.05, 4.69) is 14.9 Å². The number of nitrogens with zero attached hydrogens (tertiary/aromatic N) is 5. The normalized spacial score (nSPS) is 14.7. The lowest BCUT2D eigenvalue weighted by atomic mass is 10.2. The van der Waals surface area contributed by atoms with Gasteiger partial charge < -0.3 is 9.80 Å². The van der Waals surface area contributed by atoms with E-state index in [0.717, 1.165) is 18.9 Å². The summed E-state index contributed by atoms with van der Waals surface area (Å²) in [6, 6.07) is 11.1. The van der Waals surface area contributed by atoms with E-state index in [1.165, 1.54) is 15.7 Å². The van der Waals surface area contributed by atoms with Gasteiger partial charge in [0, 0.05) is 38.6 Å². The first-order chi connectivity index (χ1) is 13.7. The van der Waals surface area contributed by atoms with Crippen molar-refractivity contribution in [2.45, 2.75) is 0 Å². The molecule has 0 radical (unpaired) electrons. The van der Waals surface area contributed by atoms with Crippen LogP contribution >= 0.6 is 11.3 Å². The van der Waals surface area contributed by atoms with Crippen molar-refractivity contribution in [3.05, 3.63) is 70.1 Å². The number of aromatic nitrogens is 3. The number of pyridine rings is 2. The molecule has 1 saturated heterocycles. The Labute approximate surface area is 164 Å². The number of carbonyl (C=O) groups excluding carboxylic acids is 1. The zero-order valence-electron chi connectivity index (χ0n) is 15.0. The molecule has 7 nitrogen and oxygen atoms in total. The van der Waals surface area contributed by atoms with Gasteiger partial charge in [-0.1, -0.05) is 6.07 Å². The Morgan fingerprint density at radius 2 is 1.89 bits per heavy atom. The van der Waals surface area contributed by atoms with Crippen LogP contribution in [0.3, 0.4) is 0 Å². The van der Waals surface area contributed by atoms with Gasteiger partial charge >= 0.3 is 0 Å². The van der Waals surface area contributed by atoms with Crippen LogP contribution in [0.2, 0.25) is 0 Å². The van der Waals surface area contributed by atoms with Crippen molar-refractivity contribution in [1.29, 1.82) is 0 Å². The first-order valence-corrected chi connectivity index (χ1v) is 9.94. The summed E-state index contributed by atoms with van der Waals surface area (Å²) in [7, 11) is 0. The van der Waals surface area contributed by atoms with Crippen molar-refractivity contribution in [3.8, 4) is 0 Å². The molecular formula is C20H17N5O2S. The maximum atomic E-state index is 13.2. The predicted molar refractivity (Wildman–Crippen MR) is 109 cm³/mol. The van der Waals surface area contributed by atoms with Crippen LogP contribution in [-0.2, 0) is 0 Å². The monoisotopic (exact) mass is 391 g/mol. The quantitative estimate of drug-likeness (QED) is 0.524. The summed E-state index contributed by atoms with van der Waals surface area (Å²) in [5.74, 6) is 0.827. The second kappa shape index (κ2) is 6.72. The molecule has 1 aliphatic rings. The van der Waals surface area contributed by atoms with Crippen molar-refractivity contribution >= 4 is 38.9 Å². The van der Waals surface area contributed by atoms with E-state index in [4.69, 9.17) is 0 Å². The van der Waals surface area contributed by atoms with Crippen LogP contribution < -0.4 is 10.5 Å². The molecule has 5 rings (SSSR count). The molecule has 1 aliphatic heterocycles. The Morgan fingerprint density at radius 1 is 1.04 bits per heavy atom. The van der Waals surface area contributed by atoms with Gasteiger partial charge in [0.05, 0.1) is 11.1 Å². The van der Waals surface area contributed by atoms with Crippen LogP contribution in [-0.4, -0.2) is 51.4 Å². The molecule has 0 bridgehead atoms. The molecule has 28 heavy (non-hydrogen) atoms. The fourth-order valence-corrected chi connectivity index (χ4v) is 4.34. The molecule has 1 amide bonds. The summed E-state index contributed by atoms with van der Waals surface area (Å²) in [6.07, 6.45) is 3.44. The highest BCUT2D eigenvalue weighted by atomic mass is 32.1. The van der Waals surface area contributed by atoms with Gasteiger partial charge in [-0.15, -0.1) is 11.3 Å². The standard InChI is InChI=1S/C20H17N5O2S/c26-19(24-11-9-23(10-12-24)16-5-1-2-7-21-16)14-4-3-8-25-18(14)22-15-6-13-28-17(15)20(25)27/h1-8,13H,9-12H2. The van der Waals surface area contributed by atoms with Crippen molar-refractivity contribution in [1.82, 2.24) is 19.3 Å². The largest absolute Gasteiger partial charge is 0.353 e. The number of carbonyl (C=O) groups is 1. The summed E-state index contributed by atoms with van der Waals surface area (Å²) in [5, 5.41) is 1.84. The summed E-state index contributed by atoms with van der Waals surface area (Å²) >= 11 is 1.37. The minimum absolute atomic E-state index is 0.0970. The molecule has 0 aliphatic carbocycles. The lowest BCUT2D eigenvalue weighted by Gasteiger charge is -2.35. The van der Waals surface area contributed by atoms with Gasteiger partial charge in [0.15, 0.2) is 5.65 Å². The number of thiophene rings is 1. The Kier molecular flexibility index (Phi) is 4.05. The average Bonchev–Trinajstić information content (AvgIpc) is 3.23. The summed E-state index contributed by atoms with van der Waals surface area (Å²) in [6.45, 7) is 2.63. The van der Waals surface area contributed by atoms with E-state index in [-0.39, 0.29) is 11.5 Å². The van der Waals surface area contributed by atoms with E-state index in [9.17, 15) is 9.59 Å². The van der Waals surface area contributed by atoms with Gasteiger partial charge in [-0.3, -0.25) is 14.0 Å². The van der Waals surface area contributed by atoms with Crippen LogP contribution in [0.25, 0.3) is 15.9 Å². The van der Waals surface area contributed by atoms with Gasteiger partial charge in [0.25, 0.3) is 11.5 Å². The highest BCUT2D eigenvalue weighted by molar-refractivity contribution is 7.17. The van der Waals surface area contributed by atoms with Crippen molar-refractivity contribution in [3.63, 3.8) is 0 Å². The van der Waals surface area contributed by atoms with Crippen LogP contribution in [0.4, 0.5) is 5.82 Å². The van der Waals surface area contributed by atoms with Crippen LogP contribution in [0.5, 0.6) is 0 Å². The molecule has 0 unspecified atom stereocenters. The van der Waals surface area contributed by atoms with Gasteiger partial charge in [0.1, 0.15) is 10.5 Å². The SMILES string of the molecule is O=C(c1cccn2c(=O)c3sccc3nc12)N1CCN(c2ccccn2)CC1. The Bertz CT molecular complexity index is 1230. The lowest BCUT2D eigenvalue weighted by molar-refractivity contribution is 0.0748. The molecule has 4 aromatic heterocycles. The van der Waals surface area contributed by atoms with Crippen molar-refractivity contribution < 1.29 is 4.79 Å². The lowest BCUT2D eigenvalue weighted by Crippen LogP contribution is -2.49. The van der Waals surface area contributed by atoms with Crippen LogP contribution in [0.1, 0.15) is 10.4 Å². The molecule has 0 saturated carbocycles. The van der Waals surface area contributed by atoms with E-state index < -0.39 is 0 Å². The van der Waals surface area contributed by atoms with Crippen LogP contribution in [0, 0.1) is 0 Å². The number of piperazine rings is 1. The van der Waals surface area contributed by atoms with Gasteiger partial charge in [-0.2, -0.15) is 0 Å². The highest BCUT2D eigenvalue weighted by Crippen LogP contribution is 2.19. The molecule has 0 N–H and O–H groups in total.